The molecule has 1 fully saturated rings. The van der Waals surface area contributed by atoms with E-state index in [2.05, 4.69) is 84.1 Å². The number of benzene rings is 4. The molecule has 5 aromatic rings. The Kier molecular flexibility index (Phi) is 41.6. The lowest BCUT2D eigenvalue weighted by molar-refractivity contribution is -0.144. The number of likely N-dealkylation sites (tertiary alicyclic amines) is 1. The molecule has 2 heterocycles. The van der Waals surface area contributed by atoms with Crippen molar-refractivity contribution >= 4 is 105 Å². The number of aromatic nitrogens is 1. The molecule has 10 atom stereocenters. The maximum absolute atomic E-state index is 15.2. The normalized spacial score (nSPS) is 14.5. The highest BCUT2D eigenvalue weighted by molar-refractivity contribution is 6.30. The molecule has 1 aliphatic rings. The van der Waals surface area contributed by atoms with Crippen LogP contribution >= 0.6 is 11.6 Å². The summed E-state index contributed by atoms with van der Waals surface area (Å²) in [5.74, 6) is -9.25. The van der Waals surface area contributed by atoms with Gasteiger partial charge in [-0.2, -0.15) is 0 Å². The minimum Gasteiger partial charge on any atom is -0.508 e. The predicted molar refractivity (Wildman–Crippen MR) is 441 cm³/mol. The van der Waals surface area contributed by atoms with E-state index in [-0.39, 0.29) is 82.5 Å². The Balaban J connectivity index is 0.00000586. The van der Waals surface area contributed by atoms with E-state index < -0.39 is 138 Å². The zero-order valence-corrected chi connectivity index (χ0v) is 68.3. The van der Waals surface area contributed by atoms with Crippen molar-refractivity contribution in [1.82, 2.24) is 79.0 Å². The summed E-state index contributed by atoms with van der Waals surface area (Å²) in [5, 5.41) is 77.7. The Morgan fingerprint density at radius 2 is 0.931 bits per heavy atom. The Morgan fingerprint density at radius 1 is 0.500 bits per heavy atom. The number of phenolic OH excluding ortho intramolecular Hbond substituents is 1. The third-order valence-corrected chi connectivity index (χ3v) is 18.7. The summed E-state index contributed by atoms with van der Waals surface area (Å²) in [4.78, 5) is 181. The van der Waals surface area contributed by atoms with E-state index in [1.165, 1.54) is 55.4 Å². The molecular formula is C82H116ClN17O16. The number of carbonyl (C=O) groups excluding carboxylic acids is 10. The van der Waals surface area contributed by atoms with Gasteiger partial charge in [0.25, 0.3) is 5.97 Å². The summed E-state index contributed by atoms with van der Waals surface area (Å²) in [6.07, 6.45) is 4.59. The number of pyridine rings is 1. The van der Waals surface area contributed by atoms with E-state index in [0.717, 1.165) is 17.7 Å². The first-order valence-corrected chi connectivity index (χ1v) is 39.8. The smallest absolute Gasteiger partial charge is 0.325 e. The van der Waals surface area contributed by atoms with Gasteiger partial charge in [0.05, 0.1) is 6.61 Å². The zero-order chi connectivity index (χ0) is 85.2. The molecule has 0 aliphatic carbocycles. The first kappa shape index (κ1) is 95.1. The predicted octanol–water partition coefficient (Wildman–Crippen LogP) is 2.96. The van der Waals surface area contributed by atoms with Crippen LogP contribution in [0.2, 0.25) is 5.02 Å². The number of hydrogen-bond acceptors (Lipinski definition) is 17. The Bertz CT molecular complexity index is 4080. The van der Waals surface area contributed by atoms with Crippen molar-refractivity contribution in [2.24, 2.45) is 15.9 Å². The van der Waals surface area contributed by atoms with Crippen LogP contribution in [0.1, 0.15) is 142 Å². The van der Waals surface area contributed by atoms with Crippen LogP contribution in [0.15, 0.2) is 126 Å². The first-order chi connectivity index (χ1) is 55.4. The van der Waals surface area contributed by atoms with Crippen molar-refractivity contribution in [2.45, 2.75) is 206 Å². The largest absolute Gasteiger partial charge is 0.508 e. The monoisotopic (exact) mass is 1630 g/mol. The highest BCUT2D eigenvalue weighted by atomic mass is 35.5. The van der Waals surface area contributed by atoms with E-state index >= 15 is 9.59 Å². The van der Waals surface area contributed by atoms with Gasteiger partial charge in [-0.3, -0.25) is 72.5 Å². The minimum absolute atomic E-state index is 0.0354. The highest BCUT2D eigenvalue weighted by Crippen LogP contribution is 2.23. The SMILES string of the molecule is CC(=O)O.CCNC(=NCCCC[C@H](NC(=O)[C@H](CC(C)C)NC(=O)[C@@H](CCCCN=C(NCC)NCC)NC(=O)[C@H](Cc1ccc(O)cc1)NC(=O)[C@H](CO)NC(=O)[C@@H](Cc1cccnc1)NC(=O)[C@@H](Cc1ccc(Cl)cc1)NC(=O)[C@@H](Cc1ccc2ccccc2c1)NC(C)=O)C(=O)N1CCC[C@H]1C(=O)N[C@H](C)C(=O)O)NCC. The number of aliphatic imine (C=N–C) groups is 2. The van der Waals surface area contributed by atoms with Crippen molar-refractivity contribution in [1.29, 1.82) is 0 Å². The van der Waals surface area contributed by atoms with Crippen LogP contribution < -0.4 is 69.1 Å². The molecule has 6 rings (SSSR count). The van der Waals surface area contributed by atoms with Crippen molar-refractivity contribution in [3.63, 3.8) is 0 Å². The molecule has 0 radical (unpaired) electrons. The van der Waals surface area contributed by atoms with Crippen LogP contribution in [0.4, 0.5) is 0 Å². The fourth-order valence-corrected chi connectivity index (χ4v) is 12.8. The summed E-state index contributed by atoms with van der Waals surface area (Å²) < 4.78 is 0. The van der Waals surface area contributed by atoms with Crippen molar-refractivity contribution in [2.75, 3.05) is 52.4 Å². The lowest BCUT2D eigenvalue weighted by Gasteiger charge is -2.31. The molecule has 0 saturated carbocycles. The molecule has 4 aromatic carbocycles. The lowest BCUT2D eigenvalue weighted by Crippen LogP contribution is -2.61. The van der Waals surface area contributed by atoms with E-state index in [1.54, 1.807) is 36.4 Å². The standard InChI is InChI=1S/C80H112ClN17O14.C2H4O2/c1-9-83-79(84-10-2)87-38-17-15-24-60(69(102)93-62(41-49(5)6)70(103)92-61(25-16-18-39-88-80(85-11-3)86-12-4)77(110)98-40-20-26-68(98)76(109)89-50(7)78(111)112)91-72(105)64(44-53-30-35-59(101)36-31-53)96-75(108)67(48-99)97-74(107)66(46-55-21-19-37-82-47-55)95-73(106)65(43-52-28-33-58(81)34-29-52)94-71(104)63(90-51(8)100)45-54-27-32-56-22-13-14-23-57(56)42-54;1-2(3)4/h13-14,19,21-23,27-37,42,47,49-50,60-68,99,101H,9-12,15-18,20,24-26,38-41,43-46,48H2,1-8H3,(H,89,109)(H,90,100)(H,91,105)(H,92,103)(H,93,102)(H,94,104)(H,95,106)(H,96,108)(H,97,107)(H,111,112)(H2,83,84,87)(H2,85,86,88);1H3,(H,3,4)/t50-,60-,61+,62+,63-,64+,65-,66-,67+,68+;/m1./s1. The number of aliphatic carboxylic acids is 2. The van der Waals surface area contributed by atoms with E-state index in [9.17, 15) is 58.5 Å². The van der Waals surface area contributed by atoms with Gasteiger partial charge in [-0.1, -0.05) is 98.2 Å². The third kappa shape index (κ3) is 33.9. The Morgan fingerprint density at radius 3 is 1.42 bits per heavy atom. The molecule has 1 aromatic heterocycles. The second kappa shape index (κ2) is 50.7. The van der Waals surface area contributed by atoms with Gasteiger partial charge >= 0.3 is 5.97 Å². The molecule has 33 nitrogen and oxygen atoms in total. The molecule has 34 heteroatoms. The first-order valence-electron chi connectivity index (χ1n) is 39.4. The fourth-order valence-electron chi connectivity index (χ4n) is 12.7. The van der Waals surface area contributed by atoms with Crippen LogP contribution in [0.5, 0.6) is 5.75 Å². The highest BCUT2D eigenvalue weighted by Gasteiger charge is 2.41. The average molecular weight is 1630 g/mol. The van der Waals surface area contributed by atoms with Gasteiger partial charge in [0.2, 0.25) is 59.1 Å². The van der Waals surface area contributed by atoms with Crippen molar-refractivity contribution in [3.05, 3.63) is 143 Å². The third-order valence-electron chi connectivity index (χ3n) is 18.4. The topological polar surface area (TPSA) is 483 Å². The Hall–Kier alpha value is -11.5. The van der Waals surface area contributed by atoms with E-state index in [0.29, 0.717) is 97.6 Å². The number of rotatable bonds is 44. The number of nitrogens with zero attached hydrogens (tertiary/aromatic N) is 4. The summed E-state index contributed by atoms with van der Waals surface area (Å²) in [6.45, 7) is 17.1. The minimum atomic E-state index is -1.82. The number of carbonyl (C=O) groups is 12. The van der Waals surface area contributed by atoms with Crippen molar-refractivity contribution in [3.8, 4) is 5.75 Å². The van der Waals surface area contributed by atoms with Gasteiger partial charge in [0.15, 0.2) is 11.9 Å². The molecule has 1 saturated heterocycles. The number of amides is 10. The number of fused-ring (bicyclic) bond motifs is 1. The molecule has 0 unspecified atom stereocenters. The van der Waals surface area contributed by atoms with Gasteiger partial charge < -0.3 is 94.4 Å². The average Bonchev–Trinajstić information content (AvgIpc) is 1.07. The maximum atomic E-state index is 15.2. The number of unbranched alkanes of at least 4 members (excludes halogenated alkanes) is 2. The van der Waals surface area contributed by atoms with Gasteiger partial charge in [-0.25, -0.2) is 0 Å². The second-order valence-electron chi connectivity index (χ2n) is 28.5. The van der Waals surface area contributed by atoms with Gasteiger partial charge in [-0.15, -0.1) is 0 Å². The molecular weight excluding hydrogens is 1510 g/mol. The van der Waals surface area contributed by atoms with Crippen LogP contribution in [-0.4, -0.2) is 226 Å². The summed E-state index contributed by atoms with van der Waals surface area (Å²) in [6, 6.07) is 14.9. The molecule has 0 spiro atoms. The number of aliphatic hydroxyl groups is 1. The number of phenols is 1. The molecule has 116 heavy (non-hydrogen) atoms. The number of nitrogens with one attached hydrogen (secondary N) is 13. The zero-order valence-electron chi connectivity index (χ0n) is 67.5. The number of carboxylic acid groups (broad SMARTS) is 2. The summed E-state index contributed by atoms with van der Waals surface area (Å²) in [5.41, 5.74) is 2.12. The Labute approximate surface area is 682 Å². The number of guanidine groups is 2. The van der Waals surface area contributed by atoms with E-state index in [1.807, 2.05) is 84.0 Å². The van der Waals surface area contributed by atoms with Crippen LogP contribution in [0.25, 0.3) is 10.8 Å². The van der Waals surface area contributed by atoms with Crippen LogP contribution in [0, 0.1) is 5.92 Å². The number of carboxylic acids is 2. The second-order valence-corrected chi connectivity index (χ2v) is 28.9. The molecule has 1 aliphatic heterocycles. The molecule has 10 amide bonds. The summed E-state index contributed by atoms with van der Waals surface area (Å²) >= 11 is 6.26. The number of hydrogen-bond donors (Lipinski definition) is 17. The lowest BCUT2D eigenvalue weighted by atomic mass is 9.99. The molecule has 17 N–H and O–H groups in total. The van der Waals surface area contributed by atoms with Crippen molar-refractivity contribution < 1.29 is 78.0 Å². The summed E-state index contributed by atoms with van der Waals surface area (Å²) in [7, 11) is 0. The number of aromatic hydroxyl groups is 1. The fraction of sp³-hybridized carbons (Fsp3) is 0.500. The van der Waals surface area contributed by atoms with Gasteiger partial charge in [0.1, 0.15) is 66.2 Å². The molecule has 632 valence electrons. The quantitative estimate of drug-likeness (QED) is 0.0151. The van der Waals surface area contributed by atoms with Gasteiger partial charge in [0, 0.05) is 103 Å². The van der Waals surface area contributed by atoms with Crippen LogP contribution in [-0.2, 0) is 83.2 Å². The number of halogens is 1. The number of aliphatic hydroxyl groups excluding tert-OH is 1. The van der Waals surface area contributed by atoms with Crippen LogP contribution in [0.3, 0.4) is 0 Å². The molecule has 0 bridgehead atoms. The van der Waals surface area contributed by atoms with Gasteiger partial charge in [-0.05, 0) is 162 Å². The van der Waals surface area contributed by atoms with E-state index in [4.69, 9.17) is 21.5 Å². The maximum Gasteiger partial charge on any atom is 0.325 e.